The van der Waals surface area contributed by atoms with E-state index < -0.39 is 9.84 Å². The zero-order valence-corrected chi connectivity index (χ0v) is 13.0. The van der Waals surface area contributed by atoms with Gasteiger partial charge in [-0.05, 0) is 36.4 Å². The summed E-state index contributed by atoms with van der Waals surface area (Å²) in [6, 6.07) is 8.18. The van der Waals surface area contributed by atoms with Crippen LogP contribution in [0.3, 0.4) is 0 Å². The first-order valence-electron chi connectivity index (χ1n) is 4.97. The van der Waals surface area contributed by atoms with Crippen molar-refractivity contribution in [3.63, 3.8) is 0 Å². The van der Waals surface area contributed by atoms with Gasteiger partial charge in [0.2, 0.25) is 9.84 Å². The van der Waals surface area contributed by atoms with Crippen LogP contribution in [0.25, 0.3) is 0 Å². The van der Waals surface area contributed by atoms with Crippen LogP contribution in [0.15, 0.2) is 46.2 Å². The van der Waals surface area contributed by atoms with E-state index in [4.69, 9.17) is 46.4 Å². The summed E-state index contributed by atoms with van der Waals surface area (Å²) >= 11 is 23.2. The van der Waals surface area contributed by atoms with Gasteiger partial charge in [-0.1, -0.05) is 46.4 Å². The molecular weight excluding hydrogens is 350 g/mol. The van der Waals surface area contributed by atoms with E-state index in [1.54, 1.807) is 0 Å². The Morgan fingerprint density at radius 2 is 1.26 bits per heavy atom. The van der Waals surface area contributed by atoms with Crippen LogP contribution in [0.5, 0.6) is 0 Å². The van der Waals surface area contributed by atoms with Crippen molar-refractivity contribution < 1.29 is 8.42 Å². The topological polar surface area (TPSA) is 34.1 Å². The molecule has 2 nitrogen and oxygen atoms in total. The van der Waals surface area contributed by atoms with Crippen molar-refractivity contribution in [2.45, 2.75) is 9.79 Å². The molecule has 0 aliphatic heterocycles. The van der Waals surface area contributed by atoms with E-state index in [1.807, 2.05) is 0 Å². The van der Waals surface area contributed by atoms with Crippen molar-refractivity contribution >= 4 is 56.2 Å². The third kappa shape index (κ3) is 3.18. The fourth-order valence-electron chi connectivity index (χ4n) is 1.46. The molecule has 7 heteroatoms. The molecule has 2 rings (SSSR count). The lowest BCUT2D eigenvalue weighted by molar-refractivity contribution is 0.596. The Morgan fingerprint density at radius 1 is 0.684 bits per heavy atom. The summed E-state index contributed by atoms with van der Waals surface area (Å²) in [5.74, 6) is 0. The van der Waals surface area contributed by atoms with E-state index >= 15 is 0 Å². The second-order valence-corrected chi connectivity index (χ2v) is 7.32. The van der Waals surface area contributed by atoms with Crippen LogP contribution >= 0.6 is 46.4 Å². The SMILES string of the molecule is O=S(=O)(c1cc(Cl)cc(Cl)c1)c1ccc(Cl)c(Cl)c1. The highest BCUT2D eigenvalue weighted by Crippen LogP contribution is 2.30. The number of rotatable bonds is 2. The first-order chi connectivity index (χ1) is 8.80. The molecule has 0 N–H and O–H groups in total. The van der Waals surface area contributed by atoms with E-state index in [2.05, 4.69) is 0 Å². The normalized spacial score (nSPS) is 11.6. The van der Waals surface area contributed by atoms with Gasteiger partial charge in [-0.3, -0.25) is 0 Å². The second kappa shape index (κ2) is 5.51. The van der Waals surface area contributed by atoms with Crippen molar-refractivity contribution in [3.05, 3.63) is 56.5 Å². The summed E-state index contributed by atoms with van der Waals surface area (Å²) in [5.41, 5.74) is 0. The van der Waals surface area contributed by atoms with Gasteiger partial charge in [0.15, 0.2) is 0 Å². The van der Waals surface area contributed by atoms with Gasteiger partial charge in [0.25, 0.3) is 0 Å². The maximum absolute atomic E-state index is 12.4. The Balaban J connectivity index is 2.61. The van der Waals surface area contributed by atoms with Crippen LogP contribution in [-0.2, 0) is 9.84 Å². The van der Waals surface area contributed by atoms with Crippen molar-refractivity contribution in [1.82, 2.24) is 0 Å². The molecule has 0 bridgehead atoms. The van der Waals surface area contributed by atoms with Gasteiger partial charge in [0.05, 0.1) is 19.8 Å². The number of halogens is 4. The molecular formula is C12H6Cl4O2S. The maximum atomic E-state index is 12.4. The smallest absolute Gasteiger partial charge is 0.206 e. The minimum Gasteiger partial charge on any atom is -0.219 e. The molecule has 0 atom stereocenters. The zero-order chi connectivity index (χ0) is 14.2. The van der Waals surface area contributed by atoms with Gasteiger partial charge in [-0.15, -0.1) is 0 Å². The van der Waals surface area contributed by atoms with E-state index in [0.717, 1.165) is 0 Å². The van der Waals surface area contributed by atoms with Gasteiger partial charge in [0.1, 0.15) is 0 Å². The minimum atomic E-state index is -3.74. The average molecular weight is 356 g/mol. The molecule has 2 aromatic rings. The number of hydrogen-bond acceptors (Lipinski definition) is 2. The van der Waals surface area contributed by atoms with Crippen LogP contribution < -0.4 is 0 Å². The summed E-state index contributed by atoms with van der Waals surface area (Å²) in [6.07, 6.45) is 0. The summed E-state index contributed by atoms with van der Waals surface area (Å²) in [4.78, 5) is 0.0311. The quantitative estimate of drug-likeness (QED) is 0.747. The molecule has 0 aliphatic carbocycles. The third-order valence-corrected chi connectivity index (χ3v) is 5.25. The summed E-state index contributed by atoms with van der Waals surface area (Å²) in [6.45, 7) is 0. The van der Waals surface area contributed by atoms with Crippen molar-refractivity contribution in [3.8, 4) is 0 Å². The van der Waals surface area contributed by atoms with Crippen molar-refractivity contribution in [1.29, 1.82) is 0 Å². The third-order valence-electron chi connectivity index (χ3n) is 2.35. The second-order valence-electron chi connectivity index (χ2n) is 3.68. The Labute approximate surface area is 130 Å². The van der Waals surface area contributed by atoms with E-state index in [9.17, 15) is 8.42 Å². The van der Waals surface area contributed by atoms with Gasteiger partial charge in [-0.2, -0.15) is 0 Å². The predicted molar refractivity (Wildman–Crippen MR) is 78.4 cm³/mol. The lowest BCUT2D eigenvalue weighted by Crippen LogP contribution is -2.02. The van der Waals surface area contributed by atoms with Crippen molar-refractivity contribution in [2.24, 2.45) is 0 Å². The summed E-state index contributed by atoms with van der Waals surface area (Å²) < 4.78 is 24.8. The average Bonchev–Trinajstić information content (AvgIpc) is 2.31. The van der Waals surface area contributed by atoms with Crippen molar-refractivity contribution in [2.75, 3.05) is 0 Å². The first-order valence-corrected chi connectivity index (χ1v) is 7.96. The van der Waals surface area contributed by atoms with Crippen LogP contribution in [0.2, 0.25) is 20.1 Å². The minimum absolute atomic E-state index is 0.00314. The van der Waals surface area contributed by atoms with E-state index in [1.165, 1.54) is 36.4 Å². The molecule has 0 spiro atoms. The Hall–Kier alpha value is -0.450. The molecule has 0 unspecified atom stereocenters. The number of benzene rings is 2. The molecule has 0 fully saturated rings. The zero-order valence-electron chi connectivity index (χ0n) is 9.20. The highest BCUT2D eigenvalue weighted by atomic mass is 35.5. The van der Waals surface area contributed by atoms with E-state index in [0.29, 0.717) is 0 Å². The molecule has 0 saturated carbocycles. The Morgan fingerprint density at radius 3 is 1.79 bits per heavy atom. The van der Waals surface area contributed by atoms with Gasteiger partial charge in [-0.25, -0.2) is 8.42 Å². The van der Waals surface area contributed by atoms with Crippen LogP contribution in [0.1, 0.15) is 0 Å². The lowest BCUT2D eigenvalue weighted by atomic mass is 10.3. The first kappa shape index (κ1) is 14.9. The molecule has 0 aliphatic rings. The molecule has 19 heavy (non-hydrogen) atoms. The van der Waals surface area contributed by atoms with Crippen LogP contribution in [0.4, 0.5) is 0 Å². The molecule has 0 saturated heterocycles. The molecule has 0 radical (unpaired) electrons. The van der Waals surface area contributed by atoms with E-state index in [-0.39, 0.29) is 29.9 Å². The molecule has 100 valence electrons. The molecule has 0 heterocycles. The summed E-state index contributed by atoms with van der Waals surface area (Å²) in [7, 11) is -3.74. The van der Waals surface area contributed by atoms with Crippen LogP contribution in [-0.4, -0.2) is 8.42 Å². The lowest BCUT2D eigenvalue weighted by Gasteiger charge is -2.07. The predicted octanol–water partition coefficient (Wildman–Crippen LogP) is 5.13. The number of sulfone groups is 1. The van der Waals surface area contributed by atoms with Gasteiger partial charge in [0, 0.05) is 10.0 Å². The standard InChI is InChI=1S/C12H6Cl4O2S/c13-7-3-8(14)5-10(4-7)19(17,18)9-1-2-11(15)12(16)6-9/h1-6H. The highest BCUT2D eigenvalue weighted by molar-refractivity contribution is 7.91. The highest BCUT2D eigenvalue weighted by Gasteiger charge is 2.19. The molecule has 0 amide bonds. The fraction of sp³-hybridized carbons (Fsp3) is 0. The van der Waals surface area contributed by atoms with Gasteiger partial charge < -0.3 is 0 Å². The summed E-state index contributed by atoms with van der Waals surface area (Å²) in [5, 5.41) is 0.929. The molecule has 2 aromatic carbocycles. The number of hydrogen-bond donors (Lipinski definition) is 0. The Bertz CT molecular complexity index is 721. The van der Waals surface area contributed by atoms with Gasteiger partial charge >= 0.3 is 0 Å². The Kier molecular flexibility index (Phi) is 4.33. The van der Waals surface area contributed by atoms with Crippen LogP contribution in [0, 0.1) is 0 Å². The molecule has 0 aromatic heterocycles. The maximum Gasteiger partial charge on any atom is 0.206 e. The monoisotopic (exact) mass is 354 g/mol. The fourth-order valence-corrected chi connectivity index (χ4v) is 3.84. The largest absolute Gasteiger partial charge is 0.219 e.